The van der Waals surface area contributed by atoms with Gasteiger partial charge >= 0.3 is 0 Å². The van der Waals surface area contributed by atoms with E-state index in [0.717, 1.165) is 10.7 Å². The number of pyridine rings is 1. The van der Waals surface area contributed by atoms with Crippen LogP contribution in [0.4, 0.5) is 14.5 Å². The SMILES string of the molecule is CC(O)c1cnnn1-c1ncc(N)cc1C(F)F. The number of alkyl halides is 2. The zero-order chi connectivity index (χ0) is 13.3. The number of nitrogens with zero attached hydrogens (tertiary/aromatic N) is 4. The van der Waals surface area contributed by atoms with Crippen molar-refractivity contribution < 1.29 is 13.9 Å². The van der Waals surface area contributed by atoms with Gasteiger partial charge in [-0.05, 0) is 13.0 Å². The molecule has 0 aliphatic heterocycles. The largest absolute Gasteiger partial charge is 0.397 e. The molecule has 2 aromatic heterocycles. The van der Waals surface area contributed by atoms with Crippen molar-refractivity contribution >= 4 is 5.69 Å². The molecule has 0 amide bonds. The highest BCUT2D eigenvalue weighted by atomic mass is 19.3. The van der Waals surface area contributed by atoms with Crippen molar-refractivity contribution in [1.29, 1.82) is 0 Å². The number of aromatic nitrogens is 4. The molecule has 0 aliphatic carbocycles. The first kappa shape index (κ1) is 12.4. The van der Waals surface area contributed by atoms with Crippen LogP contribution in [0, 0.1) is 0 Å². The molecule has 0 saturated carbocycles. The van der Waals surface area contributed by atoms with E-state index >= 15 is 0 Å². The second-order valence-corrected chi connectivity index (χ2v) is 3.73. The van der Waals surface area contributed by atoms with Crippen LogP contribution in [0.5, 0.6) is 0 Å². The van der Waals surface area contributed by atoms with Crippen molar-refractivity contribution in [3.63, 3.8) is 0 Å². The lowest BCUT2D eigenvalue weighted by molar-refractivity contribution is 0.150. The number of anilines is 1. The Labute approximate surface area is 101 Å². The summed E-state index contributed by atoms with van der Waals surface area (Å²) in [4.78, 5) is 3.83. The second-order valence-electron chi connectivity index (χ2n) is 3.73. The third-order valence-electron chi connectivity index (χ3n) is 2.36. The van der Waals surface area contributed by atoms with Gasteiger partial charge in [0, 0.05) is 0 Å². The lowest BCUT2D eigenvalue weighted by Gasteiger charge is -2.11. The molecule has 0 saturated heterocycles. The van der Waals surface area contributed by atoms with Crippen LogP contribution in [0.3, 0.4) is 0 Å². The van der Waals surface area contributed by atoms with Crippen molar-refractivity contribution in [2.45, 2.75) is 19.5 Å². The lowest BCUT2D eigenvalue weighted by Crippen LogP contribution is -2.10. The number of halogens is 2. The fourth-order valence-corrected chi connectivity index (χ4v) is 1.52. The van der Waals surface area contributed by atoms with Gasteiger partial charge in [0.25, 0.3) is 6.43 Å². The predicted molar refractivity (Wildman–Crippen MR) is 59.2 cm³/mol. The Morgan fingerprint density at radius 1 is 1.39 bits per heavy atom. The molecule has 8 heteroatoms. The Bertz CT molecular complexity index is 555. The van der Waals surface area contributed by atoms with E-state index in [4.69, 9.17) is 5.73 Å². The molecule has 3 N–H and O–H groups in total. The summed E-state index contributed by atoms with van der Waals surface area (Å²) < 4.78 is 26.9. The van der Waals surface area contributed by atoms with E-state index in [2.05, 4.69) is 15.3 Å². The standard InChI is InChI=1S/C10H11F2N5O/c1-5(18)8-4-15-16-17(8)10-7(9(11)12)2-6(13)3-14-10/h2-5,9,18H,13H2,1H3. The molecule has 6 nitrogen and oxygen atoms in total. The van der Waals surface area contributed by atoms with E-state index < -0.39 is 12.5 Å². The Morgan fingerprint density at radius 3 is 2.72 bits per heavy atom. The van der Waals surface area contributed by atoms with Crippen molar-refractivity contribution in [1.82, 2.24) is 20.0 Å². The van der Waals surface area contributed by atoms with Crippen molar-refractivity contribution in [3.05, 3.63) is 29.7 Å². The molecule has 2 heterocycles. The number of aliphatic hydroxyl groups is 1. The van der Waals surface area contributed by atoms with Gasteiger partial charge in [-0.25, -0.2) is 13.8 Å². The maximum Gasteiger partial charge on any atom is 0.267 e. The lowest BCUT2D eigenvalue weighted by atomic mass is 10.2. The second kappa shape index (κ2) is 4.65. The van der Waals surface area contributed by atoms with E-state index in [1.165, 1.54) is 19.3 Å². The number of rotatable bonds is 3. The molecule has 96 valence electrons. The highest BCUT2D eigenvalue weighted by Crippen LogP contribution is 2.27. The summed E-state index contributed by atoms with van der Waals surface area (Å²) in [6, 6.07) is 1.13. The average Bonchev–Trinajstić information content (AvgIpc) is 2.77. The number of nitrogens with two attached hydrogens (primary N) is 1. The number of hydrogen-bond donors (Lipinski definition) is 2. The van der Waals surface area contributed by atoms with Crippen LogP contribution in [-0.4, -0.2) is 25.1 Å². The highest BCUT2D eigenvalue weighted by Gasteiger charge is 2.20. The number of hydrogen-bond acceptors (Lipinski definition) is 5. The fourth-order valence-electron chi connectivity index (χ4n) is 1.52. The molecule has 0 bridgehead atoms. The van der Waals surface area contributed by atoms with Gasteiger partial charge in [-0.3, -0.25) is 0 Å². The molecule has 0 aliphatic rings. The molecular formula is C10H11F2N5O. The third kappa shape index (κ3) is 2.14. The van der Waals surface area contributed by atoms with E-state index in [1.54, 1.807) is 0 Å². The van der Waals surface area contributed by atoms with Crippen LogP contribution in [0.25, 0.3) is 5.82 Å². The quantitative estimate of drug-likeness (QED) is 0.861. The first-order chi connectivity index (χ1) is 8.50. The van der Waals surface area contributed by atoms with Crippen LogP contribution in [0.15, 0.2) is 18.5 Å². The van der Waals surface area contributed by atoms with Crippen LogP contribution in [-0.2, 0) is 0 Å². The number of aliphatic hydroxyl groups excluding tert-OH is 1. The first-order valence-corrected chi connectivity index (χ1v) is 5.13. The van der Waals surface area contributed by atoms with Gasteiger partial charge in [0.15, 0.2) is 5.82 Å². The maximum atomic E-state index is 12.9. The van der Waals surface area contributed by atoms with Gasteiger partial charge in [-0.1, -0.05) is 5.21 Å². The molecule has 0 aromatic carbocycles. The molecule has 1 unspecified atom stereocenters. The summed E-state index contributed by atoms with van der Waals surface area (Å²) in [5.74, 6) is -0.0902. The summed E-state index contributed by atoms with van der Waals surface area (Å²) in [6.07, 6.45) is -1.11. The Kier molecular flexibility index (Phi) is 3.19. The van der Waals surface area contributed by atoms with Gasteiger partial charge < -0.3 is 10.8 Å². The zero-order valence-corrected chi connectivity index (χ0v) is 9.46. The molecule has 0 spiro atoms. The van der Waals surface area contributed by atoms with Gasteiger partial charge in [-0.15, -0.1) is 5.10 Å². The predicted octanol–water partition coefficient (Wildman–Crippen LogP) is 1.24. The van der Waals surface area contributed by atoms with Crippen molar-refractivity contribution in [3.8, 4) is 5.82 Å². The minimum absolute atomic E-state index is 0.0902. The Balaban J connectivity index is 2.60. The molecule has 2 aromatic rings. The van der Waals surface area contributed by atoms with Crippen molar-refractivity contribution in [2.75, 3.05) is 5.73 Å². The zero-order valence-electron chi connectivity index (χ0n) is 9.46. The Hall–Kier alpha value is -2.09. The van der Waals surface area contributed by atoms with Crippen LogP contribution in [0.2, 0.25) is 0 Å². The normalized spacial score (nSPS) is 12.9. The molecule has 1 atom stereocenters. The number of nitrogen functional groups attached to an aromatic ring is 1. The summed E-state index contributed by atoms with van der Waals surface area (Å²) in [5.41, 5.74) is 5.47. The first-order valence-electron chi connectivity index (χ1n) is 5.13. The maximum absolute atomic E-state index is 12.9. The van der Waals surface area contributed by atoms with Crippen molar-refractivity contribution in [2.24, 2.45) is 0 Å². The topological polar surface area (TPSA) is 89.9 Å². The van der Waals surface area contributed by atoms with Gasteiger partial charge in [0.2, 0.25) is 0 Å². The van der Waals surface area contributed by atoms with Gasteiger partial charge in [0.05, 0.1) is 35.4 Å². The minimum Gasteiger partial charge on any atom is -0.397 e. The van der Waals surface area contributed by atoms with Crippen LogP contribution in [0.1, 0.15) is 30.7 Å². The molecule has 0 fully saturated rings. The third-order valence-corrected chi connectivity index (χ3v) is 2.36. The van der Waals surface area contributed by atoms with Crippen LogP contribution < -0.4 is 5.73 Å². The summed E-state index contributed by atoms with van der Waals surface area (Å²) >= 11 is 0. The minimum atomic E-state index is -2.75. The van der Waals surface area contributed by atoms with E-state index in [1.807, 2.05) is 0 Å². The summed E-state index contributed by atoms with van der Waals surface area (Å²) in [7, 11) is 0. The fraction of sp³-hybridized carbons (Fsp3) is 0.300. The van der Waals surface area contributed by atoms with E-state index in [0.29, 0.717) is 0 Å². The van der Waals surface area contributed by atoms with E-state index in [9.17, 15) is 13.9 Å². The molecule has 2 rings (SSSR count). The van der Waals surface area contributed by atoms with E-state index in [-0.39, 0.29) is 22.8 Å². The summed E-state index contributed by atoms with van der Waals surface area (Å²) in [6.45, 7) is 1.48. The smallest absolute Gasteiger partial charge is 0.267 e. The van der Waals surface area contributed by atoms with Gasteiger partial charge in [0.1, 0.15) is 0 Å². The van der Waals surface area contributed by atoms with Gasteiger partial charge in [-0.2, -0.15) is 4.68 Å². The monoisotopic (exact) mass is 255 g/mol. The Morgan fingerprint density at radius 2 is 2.11 bits per heavy atom. The highest BCUT2D eigenvalue weighted by molar-refractivity contribution is 5.46. The molecule has 18 heavy (non-hydrogen) atoms. The molecular weight excluding hydrogens is 244 g/mol. The van der Waals surface area contributed by atoms with Crippen LogP contribution >= 0.6 is 0 Å². The average molecular weight is 255 g/mol. The summed E-state index contributed by atoms with van der Waals surface area (Å²) in [5, 5.41) is 16.7. The molecule has 0 radical (unpaired) electrons.